The second-order valence-electron chi connectivity index (χ2n) is 4.89. The summed E-state index contributed by atoms with van der Waals surface area (Å²) in [7, 11) is 0. The van der Waals surface area contributed by atoms with Crippen molar-refractivity contribution >= 4 is 5.57 Å². The largest absolute Gasteiger partial charge is 0.207 e. The molecule has 0 aliphatic heterocycles. The summed E-state index contributed by atoms with van der Waals surface area (Å²) in [5.74, 6) is 0.856. The Kier molecular flexibility index (Phi) is 2.75. The summed E-state index contributed by atoms with van der Waals surface area (Å²) in [4.78, 5) is 0. The van der Waals surface area contributed by atoms with Crippen molar-refractivity contribution in [2.24, 2.45) is 5.92 Å². The van der Waals surface area contributed by atoms with Gasteiger partial charge in [-0.05, 0) is 47.1 Å². The average Bonchev–Trinajstić information content (AvgIpc) is 3.20. The van der Waals surface area contributed by atoms with Crippen LogP contribution >= 0.6 is 0 Å². The maximum atomic E-state index is 12.9. The number of benzene rings is 2. The number of hydrogen-bond donors (Lipinski definition) is 0. The van der Waals surface area contributed by atoms with Crippen LogP contribution in [0.4, 0.5) is 4.39 Å². The molecule has 0 heterocycles. The molecule has 0 bridgehead atoms. The highest BCUT2D eigenvalue weighted by Crippen LogP contribution is 2.53. The van der Waals surface area contributed by atoms with Gasteiger partial charge in [-0.3, -0.25) is 0 Å². The smallest absolute Gasteiger partial charge is 0.123 e. The molecule has 1 fully saturated rings. The lowest BCUT2D eigenvalue weighted by atomic mass is 10.00. The van der Waals surface area contributed by atoms with Gasteiger partial charge in [0.25, 0.3) is 0 Å². The molecule has 1 saturated carbocycles. The standard InChI is InChI=1S/C17H15F/c1-12(13-5-3-2-4-6-13)16-11-17(16)14-7-9-15(18)10-8-14/h2-10,16-17H,1,11H2/t16-,17-/m1/s1. The van der Waals surface area contributed by atoms with E-state index in [4.69, 9.17) is 0 Å². The Morgan fingerprint density at radius 2 is 1.67 bits per heavy atom. The summed E-state index contributed by atoms with van der Waals surface area (Å²) >= 11 is 0. The first-order chi connectivity index (χ1) is 8.75. The van der Waals surface area contributed by atoms with Crippen molar-refractivity contribution in [3.8, 4) is 0 Å². The van der Waals surface area contributed by atoms with E-state index in [9.17, 15) is 4.39 Å². The molecule has 3 rings (SSSR count). The van der Waals surface area contributed by atoms with Gasteiger partial charge < -0.3 is 0 Å². The van der Waals surface area contributed by atoms with E-state index in [-0.39, 0.29) is 5.82 Å². The average molecular weight is 238 g/mol. The molecule has 2 aromatic carbocycles. The van der Waals surface area contributed by atoms with Crippen molar-refractivity contribution in [1.29, 1.82) is 0 Å². The predicted octanol–water partition coefficient (Wildman–Crippen LogP) is 4.64. The molecule has 1 heteroatoms. The molecular weight excluding hydrogens is 223 g/mol. The Labute approximate surface area is 107 Å². The van der Waals surface area contributed by atoms with Crippen LogP contribution in [-0.2, 0) is 0 Å². The van der Waals surface area contributed by atoms with Crippen molar-refractivity contribution in [2.45, 2.75) is 12.3 Å². The van der Waals surface area contributed by atoms with Gasteiger partial charge in [-0.15, -0.1) is 0 Å². The highest BCUT2D eigenvalue weighted by atomic mass is 19.1. The van der Waals surface area contributed by atoms with Gasteiger partial charge in [0, 0.05) is 0 Å². The molecular formula is C17H15F. The summed E-state index contributed by atoms with van der Waals surface area (Å²) in [6.45, 7) is 4.21. The topological polar surface area (TPSA) is 0 Å². The Bertz CT molecular complexity index is 554. The SMILES string of the molecule is C=C(c1ccccc1)[C@H]1C[C@@H]1c1ccc(F)cc1. The van der Waals surface area contributed by atoms with Gasteiger partial charge in [-0.1, -0.05) is 49.0 Å². The summed E-state index contributed by atoms with van der Waals surface area (Å²) in [6.07, 6.45) is 1.12. The van der Waals surface area contributed by atoms with E-state index in [1.54, 1.807) is 0 Å². The number of hydrogen-bond acceptors (Lipinski definition) is 0. The molecule has 0 amide bonds. The number of allylic oxidation sites excluding steroid dienone is 1. The molecule has 1 aliphatic carbocycles. The second-order valence-corrected chi connectivity index (χ2v) is 4.89. The highest BCUT2D eigenvalue weighted by Gasteiger charge is 2.40. The van der Waals surface area contributed by atoms with Crippen LogP contribution in [0.2, 0.25) is 0 Å². The molecule has 2 atom stereocenters. The van der Waals surface area contributed by atoms with Gasteiger partial charge in [0.05, 0.1) is 0 Å². The lowest BCUT2D eigenvalue weighted by molar-refractivity contribution is 0.627. The summed E-state index contributed by atoms with van der Waals surface area (Å²) in [6, 6.07) is 17.1. The number of halogens is 1. The van der Waals surface area contributed by atoms with Crippen LogP contribution < -0.4 is 0 Å². The van der Waals surface area contributed by atoms with E-state index in [1.165, 1.54) is 28.8 Å². The van der Waals surface area contributed by atoms with E-state index < -0.39 is 0 Å². The Balaban J connectivity index is 1.75. The Hall–Kier alpha value is -1.89. The van der Waals surface area contributed by atoms with E-state index in [2.05, 4.69) is 18.7 Å². The Morgan fingerprint density at radius 3 is 2.33 bits per heavy atom. The molecule has 0 saturated heterocycles. The highest BCUT2D eigenvalue weighted by molar-refractivity contribution is 5.69. The van der Waals surface area contributed by atoms with E-state index in [0.717, 1.165) is 6.42 Å². The third-order valence-corrected chi connectivity index (χ3v) is 3.68. The van der Waals surface area contributed by atoms with E-state index in [1.807, 2.05) is 30.3 Å². The van der Waals surface area contributed by atoms with Crippen molar-refractivity contribution in [3.63, 3.8) is 0 Å². The fraction of sp³-hybridized carbons (Fsp3) is 0.176. The zero-order chi connectivity index (χ0) is 12.5. The molecule has 0 aromatic heterocycles. The van der Waals surface area contributed by atoms with E-state index >= 15 is 0 Å². The van der Waals surface area contributed by atoms with Gasteiger partial charge in [0.15, 0.2) is 0 Å². The zero-order valence-corrected chi connectivity index (χ0v) is 10.1. The third-order valence-electron chi connectivity index (χ3n) is 3.68. The van der Waals surface area contributed by atoms with Crippen molar-refractivity contribution in [2.75, 3.05) is 0 Å². The molecule has 0 spiro atoms. The van der Waals surface area contributed by atoms with E-state index in [0.29, 0.717) is 11.8 Å². The van der Waals surface area contributed by atoms with Gasteiger partial charge in [0.1, 0.15) is 5.82 Å². The molecule has 0 N–H and O–H groups in total. The molecule has 18 heavy (non-hydrogen) atoms. The van der Waals surface area contributed by atoms with Gasteiger partial charge in [-0.2, -0.15) is 0 Å². The van der Waals surface area contributed by atoms with Gasteiger partial charge in [-0.25, -0.2) is 4.39 Å². The van der Waals surface area contributed by atoms with Gasteiger partial charge in [0.2, 0.25) is 0 Å². The Morgan fingerprint density at radius 1 is 1.00 bits per heavy atom. The summed E-state index contributed by atoms with van der Waals surface area (Å²) in [5.41, 5.74) is 3.63. The fourth-order valence-electron chi connectivity index (χ4n) is 2.52. The van der Waals surface area contributed by atoms with Crippen LogP contribution in [0.15, 0.2) is 61.2 Å². The minimum atomic E-state index is -0.169. The molecule has 0 nitrogen and oxygen atoms in total. The minimum absolute atomic E-state index is 0.169. The maximum Gasteiger partial charge on any atom is 0.123 e. The van der Waals surface area contributed by atoms with Crippen LogP contribution in [-0.4, -0.2) is 0 Å². The monoisotopic (exact) mass is 238 g/mol. The van der Waals surface area contributed by atoms with Crippen LogP contribution in [0.5, 0.6) is 0 Å². The first-order valence-electron chi connectivity index (χ1n) is 6.25. The zero-order valence-electron chi connectivity index (χ0n) is 10.1. The summed E-state index contributed by atoms with van der Waals surface area (Å²) < 4.78 is 12.9. The first-order valence-corrected chi connectivity index (χ1v) is 6.25. The molecule has 1 aliphatic rings. The second kappa shape index (κ2) is 4.41. The van der Waals surface area contributed by atoms with Crippen LogP contribution in [0.25, 0.3) is 5.57 Å². The van der Waals surface area contributed by atoms with Crippen LogP contribution in [0.1, 0.15) is 23.5 Å². The summed E-state index contributed by atoms with van der Waals surface area (Å²) in [5, 5.41) is 0. The maximum absolute atomic E-state index is 12.9. The van der Waals surface area contributed by atoms with Crippen molar-refractivity contribution < 1.29 is 4.39 Å². The van der Waals surface area contributed by atoms with Crippen molar-refractivity contribution in [3.05, 3.63) is 78.1 Å². The normalized spacial score (nSPS) is 21.6. The molecule has 0 radical (unpaired) electrons. The quantitative estimate of drug-likeness (QED) is 0.730. The van der Waals surface area contributed by atoms with Crippen LogP contribution in [0, 0.1) is 11.7 Å². The van der Waals surface area contributed by atoms with Crippen LogP contribution in [0.3, 0.4) is 0 Å². The lowest BCUT2D eigenvalue weighted by Gasteiger charge is -2.05. The van der Waals surface area contributed by atoms with Crippen molar-refractivity contribution in [1.82, 2.24) is 0 Å². The first kappa shape index (κ1) is 11.2. The number of rotatable bonds is 3. The predicted molar refractivity (Wildman–Crippen MR) is 72.7 cm³/mol. The molecule has 2 aromatic rings. The van der Waals surface area contributed by atoms with Gasteiger partial charge >= 0.3 is 0 Å². The minimum Gasteiger partial charge on any atom is -0.207 e. The third kappa shape index (κ3) is 2.08. The fourth-order valence-corrected chi connectivity index (χ4v) is 2.52. The molecule has 0 unspecified atom stereocenters. The lowest BCUT2D eigenvalue weighted by Crippen LogP contribution is -1.88. The molecule has 90 valence electrons.